The third-order valence-electron chi connectivity index (χ3n) is 5.32. The van der Waals surface area contributed by atoms with E-state index in [0.717, 1.165) is 12.1 Å². The summed E-state index contributed by atoms with van der Waals surface area (Å²) in [6.45, 7) is 11.1. The molecule has 1 saturated heterocycles. The minimum Gasteiger partial charge on any atom is -0.339 e. The standard InChI is InChI=1S/C23H29N5O/c1-17-15-20(16-24)26-22(25-17)28-13-11-27(12-14-28)21(29)10-7-18-5-8-19(9-6-18)23(2,3)4/h5-6,8-9,15H,7,10-14H2,1-4H3. The molecule has 6 heteroatoms. The smallest absolute Gasteiger partial charge is 0.226 e. The number of piperazine rings is 1. The van der Waals surface area contributed by atoms with E-state index in [2.05, 4.69) is 61.1 Å². The van der Waals surface area contributed by atoms with Crippen molar-refractivity contribution in [2.24, 2.45) is 0 Å². The number of hydrogen-bond donors (Lipinski definition) is 0. The third-order valence-corrected chi connectivity index (χ3v) is 5.32. The average Bonchev–Trinajstić information content (AvgIpc) is 2.71. The molecule has 0 bridgehead atoms. The van der Waals surface area contributed by atoms with Crippen molar-refractivity contribution in [3.63, 3.8) is 0 Å². The molecule has 0 atom stereocenters. The van der Waals surface area contributed by atoms with Crippen LogP contribution in [0.5, 0.6) is 0 Å². The summed E-state index contributed by atoms with van der Waals surface area (Å²) in [6.07, 6.45) is 1.28. The van der Waals surface area contributed by atoms with Crippen molar-refractivity contribution < 1.29 is 4.79 Å². The highest BCUT2D eigenvalue weighted by atomic mass is 16.2. The molecule has 2 aromatic rings. The van der Waals surface area contributed by atoms with Crippen molar-refractivity contribution in [1.82, 2.24) is 14.9 Å². The maximum atomic E-state index is 12.6. The first-order valence-electron chi connectivity index (χ1n) is 10.1. The summed E-state index contributed by atoms with van der Waals surface area (Å²) in [7, 11) is 0. The molecule has 29 heavy (non-hydrogen) atoms. The van der Waals surface area contributed by atoms with Gasteiger partial charge in [-0.25, -0.2) is 9.97 Å². The molecular formula is C23H29N5O. The molecule has 2 heterocycles. The second-order valence-electron chi connectivity index (χ2n) is 8.62. The van der Waals surface area contributed by atoms with Crippen LogP contribution in [-0.2, 0) is 16.6 Å². The number of rotatable bonds is 4. The molecule has 1 fully saturated rings. The second kappa shape index (κ2) is 8.60. The predicted molar refractivity (Wildman–Crippen MR) is 114 cm³/mol. The highest BCUT2D eigenvalue weighted by molar-refractivity contribution is 5.76. The van der Waals surface area contributed by atoms with Crippen LogP contribution < -0.4 is 4.90 Å². The van der Waals surface area contributed by atoms with Crippen molar-refractivity contribution >= 4 is 11.9 Å². The highest BCUT2D eigenvalue weighted by Crippen LogP contribution is 2.22. The molecule has 152 valence electrons. The van der Waals surface area contributed by atoms with E-state index in [1.54, 1.807) is 6.07 Å². The van der Waals surface area contributed by atoms with Crippen LogP contribution in [0.25, 0.3) is 0 Å². The number of aryl methyl sites for hydroxylation is 2. The maximum absolute atomic E-state index is 12.6. The SMILES string of the molecule is Cc1cc(C#N)nc(N2CCN(C(=O)CCc3ccc(C(C)(C)C)cc3)CC2)n1. The Bertz CT molecular complexity index is 900. The van der Waals surface area contributed by atoms with Gasteiger partial charge >= 0.3 is 0 Å². The Labute approximate surface area is 173 Å². The Hall–Kier alpha value is -2.94. The van der Waals surface area contributed by atoms with Crippen molar-refractivity contribution in [2.45, 2.75) is 46.0 Å². The van der Waals surface area contributed by atoms with Gasteiger partial charge in [0.05, 0.1) is 0 Å². The summed E-state index contributed by atoms with van der Waals surface area (Å²) in [6, 6.07) is 12.3. The van der Waals surface area contributed by atoms with E-state index in [1.807, 2.05) is 16.7 Å². The molecule has 1 amide bonds. The number of anilines is 1. The first-order chi connectivity index (χ1) is 13.8. The molecule has 6 nitrogen and oxygen atoms in total. The van der Waals surface area contributed by atoms with Crippen LogP contribution in [0, 0.1) is 18.3 Å². The lowest BCUT2D eigenvalue weighted by molar-refractivity contribution is -0.131. The van der Waals surface area contributed by atoms with E-state index in [0.29, 0.717) is 44.2 Å². The fourth-order valence-corrected chi connectivity index (χ4v) is 3.49. The number of aromatic nitrogens is 2. The van der Waals surface area contributed by atoms with Crippen LogP contribution in [0.4, 0.5) is 5.95 Å². The number of carbonyl (C=O) groups excluding carboxylic acids is 1. The number of hydrogen-bond acceptors (Lipinski definition) is 5. The zero-order chi connectivity index (χ0) is 21.0. The largest absolute Gasteiger partial charge is 0.339 e. The molecule has 3 rings (SSSR count). The van der Waals surface area contributed by atoms with E-state index in [9.17, 15) is 4.79 Å². The van der Waals surface area contributed by atoms with E-state index >= 15 is 0 Å². The molecule has 1 aliphatic rings. The van der Waals surface area contributed by atoms with Crippen LogP contribution >= 0.6 is 0 Å². The van der Waals surface area contributed by atoms with Gasteiger partial charge < -0.3 is 9.80 Å². The third kappa shape index (κ3) is 5.32. The number of benzene rings is 1. The van der Waals surface area contributed by atoms with Gasteiger partial charge in [0.2, 0.25) is 11.9 Å². The molecule has 1 aliphatic heterocycles. The molecule has 0 spiro atoms. The zero-order valence-electron chi connectivity index (χ0n) is 17.8. The first kappa shape index (κ1) is 20.8. The Morgan fingerprint density at radius 3 is 2.34 bits per heavy atom. The van der Waals surface area contributed by atoms with Gasteiger partial charge in [-0.1, -0.05) is 45.0 Å². The minimum absolute atomic E-state index is 0.142. The lowest BCUT2D eigenvalue weighted by atomic mass is 9.86. The minimum atomic E-state index is 0.142. The van der Waals surface area contributed by atoms with E-state index in [4.69, 9.17) is 5.26 Å². The topological polar surface area (TPSA) is 73.1 Å². The lowest BCUT2D eigenvalue weighted by Gasteiger charge is -2.35. The van der Waals surface area contributed by atoms with E-state index < -0.39 is 0 Å². The van der Waals surface area contributed by atoms with E-state index in [1.165, 1.54) is 11.1 Å². The normalized spacial score (nSPS) is 14.6. The number of amides is 1. The zero-order valence-corrected chi connectivity index (χ0v) is 17.8. The summed E-state index contributed by atoms with van der Waals surface area (Å²) in [4.78, 5) is 25.3. The maximum Gasteiger partial charge on any atom is 0.226 e. The van der Waals surface area contributed by atoms with E-state index in [-0.39, 0.29) is 11.3 Å². The molecule has 0 N–H and O–H groups in total. The fraction of sp³-hybridized carbons (Fsp3) is 0.478. The molecule has 1 aromatic carbocycles. The van der Waals surface area contributed by atoms with Gasteiger partial charge in [-0.3, -0.25) is 4.79 Å². The van der Waals surface area contributed by atoms with Crippen molar-refractivity contribution in [3.8, 4) is 6.07 Å². The Kier molecular flexibility index (Phi) is 6.17. The summed E-state index contributed by atoms with van der Waals surface area (Å²) in [5.41, 5.74) is 3.80. The molecule has 1 aromatic heterocycles. The van der Waals surface area contributed by atoms with Crippen LogP contribution in [0.15, 0.2) is 30.3 Å². The quantitative estimate of drug-likeness (QED) is 0.800. The number of carbonyl (C=O) groups is 1. The monoisotopic (exact) mass is 391 g/mol. The summed E-state index contributed by atoms with van der Waals surface area (Å²) < 4.78 is 0. The van der Waals surface area contributed by atoms with Gasteiger partial charge in [0.1, 0.15) is 11.8 Å². The fourth-order valence-electron chi connectivity index (χ4n) is 3.49. The first-order valence-corrected chi connectivity index (χ1v) is 10.1. The highest BCUT2D eigenvalue weighted by Gasteiger charge is 2.23. The van der Waals surface area contributed by atoms with Crippen molar-refractivity contribution in [3.05, 3.63) is 52.8 Å². The number of nitriles is 1. The molecule has 0 unspecified atom stereocenters. The Balaban J connectivity index is 1.51. The Morgan fingerprint density at radius 1 is 1.10 bits per heavy atom. The van der Waals surface area contributed by atoms with Gasteiger partial charge in [-0.15, -0.1) is 0 Å². The second-order valence-corrected chi connectivity index (χ2v) is 8.62. The van der Waals surface area contributed by atoms with Crippen LogP contribution in [0.1, 0.15) is 49.7 Å². The lowest BCUT2D eigenvalue weighted by Crippen LogP contribution is -2.49. The average molecular weight is 392 g/mol. The molecule has 0 saturated carbocycles. The van der Waals surface area contributed by atoms with Gasteiger partial charge in [0.15, 0.2) is 0 Å². The van der Waals surface area contributed by atoms with Crippen LogP contribution in [-0.4, -0.2) is 47.0 Å². The van der Waals surface area contributed by atoms with Gasteiger partial charge in [-0.2, -0.15) is 5.26 Å². The predicted octanol–water partition coefficient (Wildman–Crippen LogP) is 3.24. The molecule has 0 aliphatic carbocycles. The summed E-state index contributed by atoms with van der Waals surface area (Å²) >= 11 is 0. The van der Waals surface area contributed by atoms with Crippen molar-refractivity contribution in [1.29, 1.82) is 5.26 Å². The molecule has 0 radical (unpaired) electrons. The van der Waals surface area contributed by atoms with Gasteiger partial charge in [-0.05, 0) is 36.0 Å². The van der Waals surface area contributed by atoms with Crippen LogP contribution in [0.3, 0.4) is 0 Å². The van der Waals surface area contributed by atoms with Gasteiger partial charge in [0, 0.05) is 38.3 Å². The van der Waals surface area contributed by atoms with Crippen LogP contribution in [0.2, 0.25) is 0 Å². The molecular weight excluding hydrogens is 362 g/mol. The number of nitrogens with zero attached hydrogens (tertiary/aromatic N) is 5. The van der Waals surface area contributed by atoms with Gasteiger partial charge in [0.25, 0.3) is 0 Å². The van der Waals surface area contributed by atoms with Crippen molar-refractivity contribution in [2.75, 3.05) is 31.1 Å². The summed E-state index contributed by atoms with van der Waals surface area (Å²) in [5, 5.41) is 9.10. The Morgan fingerprint density at radius 2 is 1.76 bits per heavy atom. The summed E-state index contributed by atoms with van der Waals surface area (Å²) in [5.74, 6) is 0.764.